The maximum atomic E-state index is 13.8. The van der Waals surface area contributed by atoms with Crippen molar-refractivity contribution >= 4 is 29.1 Å². The van der Waals surface area contributed by atoms with Crippen LogP contribution in [-0.2, 0) is 12.7 Å². The Balaban J connectivity index is 1.29. The lowest BCUT2D eigenvalue weighted by Gasteiger charge is -2.38. The van der Waals surface area contributed by atoms with Crippen LogP contribution < -0.4 is 16.4 Å². The zero-order valence-corrected chi connectivity index (χ0v) is 23.3. The molecule has 5 N–H and O–H groups in total. The number of amides is 2. The number of nitrogens with zero attached hydrogens (tertiary/aromatic N) is 5. The Labute approximate surface area is 243 Å². The van der Waals surface area contributed by atoms with Gasteiger partial charge in [-0.1, -0.05) is 17.7 Å². The third kappa shape index (κ3) is 5.94. The Morgan fingerprint density at radius 3 is 2.64 bits per heavy atom. The summed E-state index contributed by atoms with van der Waals surface area (Å²) < 4.78 is 42.3. The third-order valence-corrected chi connectivity index (χ3v) is 7.39. The standard InChI is InChI=1S/C27H27ClF3N9O2/c1-14-15(2)39(8-7-33-14)26(42)18-5-3-16(9-20(18)28)10-36-25(41)24-35-12-21(37-24)19-13-40(38-23(19)27(29,30)31)22-6-4-17(32)11-34-22/h3-6,9,11-15,33H,7-8,10,32H2,1-2H3,(H,35,37)(H,36,41)/t14-,15+/m1/s1. The van der Waals surface area contributed by atoms with Crippen LogP contribution in [0.15, 0.2) is 48.9 Å². The van der Waals surface area contributed by atoms with Crippen LogP contribution in [0.25, 0.3) is 17.1 Å². The molecule has 11 nitrogen and oxygen atoms in total. The second-order valence-corrected chi connectivity index (χ2v) is 10.3. The summed E-state index contributed by atoms with van der Waals surface area (Å²) in [5.74, 6) is -0.895. The van der Waals surface area contributed by atoms with Crippen molar-refractivity contribution in [3.8, 4) is 17.1 Å². The highest BCUT2D eigenvalue weighted by molar-refractivity contribution is 6.33. The molecule has 0 spiro atoms. The van der Waals surface area contributed by atoms with Gasteiger partial charge in [0.05, 0.1) is 39.9 Å². The number of imidazole rings is 1. The van der Waals surface area contributed by atoms with Gasteiger partial charge in [-0.15, -0.1) is 0 Å². The second-order valence-electron chi connectivity index (χ2n) is 9.91. The molecule has 0 saturated carbocycles. The van der Waals surface area contributed by atoms with Crippen LogP contribution in [-0.4, -0.2) is 66.6 Å². The number of hydrogen-bond donors (Lipinski definition) is 4. The maximum absolute atomic E-state index is 13.8. The predicted molar refractivity (Wildman–Crippen MR) is 149 cm³/mol. The fourth-order valence-electron chi connectivity index (χ4n) is 4.61. The van der Waals surface area contributed by atoms with Crippen LogP contribution in [0.3, 0.4) is 0 Å². The van der Waals surface area contributed by atoms with Crippen molar-refractivity contribution in [1.29, 1.82) is 0 Å². The molecule has 5 rings (SSSR count). The fraction of sp³-hybridized carbons (Fsp3) is 0.296. The van der Waals surface area contributed by atoms with Gasteiger partial charge in [-0.25, -0.2) is 14.6 Å². The molecule has 4 heterocycles. The van der Waals surface area contributed by atoms with E-state index in [-0.39, 0.29) is 52.5 Å². The SMILES string of the molecule is C[C@H]1NCCN(C(=O)c2ccc(CNC(=O)c3ncc(-c4cn(-c5ccc(N)cn5)nc4C(F)(F)F)[nH]3)cc2Cl)[C@H]1C. The zero-order valence-electron chi connectivity index (χ0n) is 22.5. The van der Waals surface area contributed by atoms with Crippen LogP contribution in [0, 0.1) is 0 Å². The number of nitrogen functional groups attached to an aromatic ring is 1. The molecule has 0 unspecified atom stereocenters. The minimum atomic E-state index is -4.78. The number of anilines is 1. The molecule has 4 aromatic rings. The molecular weight excluding hydrogens is 575 g/mol. The molecule has 1 saturated heterocycles. The van der Waals surface area contributed by atoms with Crippen molar-refractivity contribution in [3.63, 3.8) is 0 Å². The normalized spacial score (nSPS) is 17.3. The summed E-state index contributed by atoms with van der Waals surface area (Å²) in [6, 6.07) is 7.95. The van der Waals surface area contributed by atoms with Crippen LogP contribution in [0.1, 0.15) is 46.1 Å². The molecule has 15 heteroatoms. The molecule has 1 fully saturated rings. The van der Waals surface area contributed by atoms with Crippen LogP contribution in [0.2, 0.25) is 5.02 Å². The molecule has 3 aromatic heterocycles. The summed E-state index contributed by atoms with van der Waals surface area (Å²) in [6.45, 7) is 5.28. The van der Waals surface area contributed by atoms with Crippen molar-refractivity contribution in [1.82, 2.24) is 40.3 Å². The number of nitrogens with one attached hydrogen (secondary N) is 3. The molecule has 220 valence electrons. The van der Waals surface area contributed by atoms with Gasteiger partial charge in [0.25, 0.3) is 11.8 Å². The summed E-state index contributed by atoms with van der Waals surface area (Å²) in [6.07, 6.45) is -1.22. The topological polar surface area (TPSA) is 147 Å². The molecule has 1 aliphatic heterocycles. The third-order valence-electron chi connectivity index (χ3n) is 7.08. The lowest BCUT2D eigenvalue weighted by atomic mass is 10.0. The van der Waals surface area contributed by atoms with Crippen LogP contribution >= 0.6 is 11.6 Å². The van der Waals surface area contributed by atoms with Gasteiger partial charge in [0.2, 0.25) is 0 Å². The van der Waals surface area contributed by atoms with E-state index >= 15 is 0 Å². The number of rotatable bonds is 6. The molecular formula is C27H27ClF3N9O2. The highest BCUT2D eigenvalue weighted by Gasteiger charge is 2.38. The monoisotopic (exact) mass is 601 g/mol. The molecule has 2 atom stereocenters. The first-order chi connectivity index (χ1) is 19.9. The van der Waals surface area contributed by atoms with E-state index in [4.69, 9.17) is 17.3 Å². The summed E-state index contributed by atoms with van der Waals surface area (Å²) in [5, 5.41) is 9.88. The first-order valence-electron chi connectivity index (χ1n) is 13.0. The number of H-pyrrole nitrogens is 1. The molecule has 1 aliphatic rings. The number of carbonyl (C=O) groups excluding carboxylic acids is 2. The van der Waals surface area contributed by atoms with Gasteiger partial charge in [0.1, 0.15) is 0 Å². The Morgan fingerprint density at radius 2 is 1.95 bits per heavy atom. The first kappa shape index (κ1) is 29.1. The van der Waals surface area contributed by atoms with E-state index in [1.54, 1.807) is 23.1 Å². The van der Waals surface area contributed by atoms with Crippen molar-refractivity contribution in [2.24, 2.45) is 0 Å². The Kier molecular flexibility index (Phi) is 7.93. The minimum Gasteiger partial charge on any atom is -0.397 e. The van der Waals surface area contributed by atoms with E-state index in [9.17, 15) is 22.8 Å². The van der Waals surface area contributed by atoms with Gasteiger partial charge in [0.15, 0.2) is 17.3 Å². The molecule has 0 bridgehead atoms. The number of aromatic nitrogens is 5. The Hall–Kier alpha value is -4.43. The van der Waals surface area contributed by atoms with E-state index in [0.29, 0.717) is 29.9 Å². The van der Waals surface area contributed by atoms with Crippen molar-refractivity contribution in [2.75, 3.05) is 18.8 Å². The highest BCUT2D eigenvalue weighted by atomic mass is 35.5. The summed E-state index contributed by atoms with van der Waals surface area (Å²) in [5.41, 5.74) is 5.39. The Morgan fingerprint density at radius 1 is 1.17 bits per heavy atom. The average Bonchev–Trinajstić information content (AvgIpc) is 3.62. The molecule has 0 radical (unpaired) electrons. The Bertz CT molecular complexity index is 1620. The number of alkyl halides is 3. The van der Waals surface area contributed by atoms with Gasteiger partial charge in [-0.2, -0.15) is 18.3 Å². The molecule has 2 amide bonds. The van der Waals surface area contributed by atoms with E-state index < -0.39 is 17.8 Å². The van der Waals surface area contributed by atoms with E-state index in [1.165, 1.54) is 18.3 Å². The lowest BCUT2D eigenvalue weighted by Crippen LogP contribution is -2.57. The average molecular weight is 602 g/mol. The summed E-state index contributed by atoms with van der Waals surface area (Å²) in [7, 11) is 0. The van der Waals surface area contributed by atoms with Crippen LogP contribution in [0.4, 0.5) is 18.9 Å². The number of pyridine rings is 1. The molecule has 0 aliphatic carbocycles. The number of carbonyl (C=O) groups is 2. The number of hydrogen-bond acceptors (Lipinski definition) is 7. The maximum Gasteiger partial charge on any atom is 0.435 e. The summed E-state index contributed by atoms with van der Waals surface area (Å²) in [4.78, 5) is 38.2. The molecule has 1 aromatic carbocycles. The van der Waals surface area contributed by atoms with E-state index in [2.05, 4.69) is 30.7 Å². The number of nitrogens with two attached hydrogens (primary N) is 1. The van der Waals surface area contributed by atoms with Gasteiger partial charge in [-0.05, 0) is 43.7 Å². The number of halogens is 4. The van der Waals surface area contributed by atoms with E-state index in [0.717, 1.165) is 17.1 Å². The number of aromatic amines is 1. The zero-order chi connectivity index (χ0) is 30.2. The number of benzene rings is 1. The minimum absolute atomic E-state index is 0.00426. The smallest absolute Gasteiger partial charge is 0.397 e. The van der Waals surface area contributed by atoms with Crippen molar-refractivity contribution < 1.29 is 22.8 Å². The largest absolute Gasteiger partial charge is 0.435 e. The highest BCUT2D eigenvalue weighted by Crippen LogP contribution is 2.36. The van der Waals surface area contributed by atoms with Gasteiger partial charge in [-0.3, -0.25) is 9.59 Å². The van der Waals surface area contributed by atoms with Gasteiger partial charge >= 0.3 is 6.18 Å². The second kappa shape index (κ2) is 11.4. The number of piperazine rings is 1. The van der Waals surface area contributed by atoms with Crippen molar-refractivity contribution in [2.45, 2.75) is 38.7 Å². The molecule has 42 heavy (non-hydrogen) atoms. The van der Waals surface area contributed by atoms with Crippen LogP contribution in [0.5, 0.6) is 0 Å². The van der Waals surface area contributed by atoms with Crippen molar-refractivity contribution in [3.05, 3.63) is 76.6 Å². The lowest BCUT2D eigenvalue weighted by molar-refractivity contribution is -0.140. The summed E-state index contributed by atoms with van der Waals surface area (Å²) >= 11 is 6.43. The first-order valence-corrected chi connectivity index (χ1v) is 13.3. The quantitative estimate of drug-likeness (QED) is 0.264. The van der Waals surface area contributed by atoms with Gasteiger partial charge in [0, 0.05) is 37.9 Å². The fourth-order valence-corrected chi connectivity index (χ4v) is 4.89. The van der Waals surface area contributed by atoms with E-state index in [1.807, 2.05) is 13.8 Å². The van der Waals surface area contributed by atoms with Gasteiger partial charge < -0.3 is 26.3 Å². The predicted octanol–water partition coefficient (Wildman–Crippen LogP) is 3.66.